The number of aliphatic hydroxyl groups excluding tert-OH is 1. The number of alkyl carbamates (subject to hydrolysis) is 1. The standard InChI is InChI=1S/C31H45N5O9S/c1-21(2)15-16-36(46(43,44)35-31(3,4)29(40)41)19-26(37)24(17-22-11-7-5-8-12-22)33-28(39)25(18-27(32)38)34-30(42)45-20-23-13-9-6-10-14-23/h5-14,21,24-26,35,37H,15-20H2,1-4H3,(H2,32,38)(H,33,39)(H,34,42)(H,40,41)/t24-,25-,26+/m0/s1. The molecule has 254 valence electrons. The molecule has 7 N–H and O–H groups in total. The summed E-state index contributed by atoms with van der Waals surface area (Å²) in [5, 5.41) is 25.9. The lowest BCUT2D eigenvalue weighted by Gasteiger charge is -2.32. The van der Waals surface area contributed by atoms with Crippen molar-refractivity contribution in [2.24, 2.45) is 11.7 Å². The third-order valence-electron chi connectivity index (χ3n) is 6.92. The topological polar surface area (TPSA) is 217 Å². The Kier molecular flexibility index (Phi) is 14.6. The molecule has 0 spiro atoms. The fraction of sp³-hybridized carbons (Fsp3) is 0.484. The fourth-order valence-electron chi connectivity index (χ4n) is 4.23. The van der Waals surface area contributed by atoms with E-state index in [4.69, 9.17) is 10.5 Å². The highest BCUT2D eigenvalue weighted by molar-refractivity contribution is 7.87. The van der Waals surface area contributed by atoms with Crippen LogP contribution in [0.25, 0.3) is 0 Å². The lowest BCUT2D eigenvalue weighted by atomic mass is 10.00. The van der Waals surface area contributed by atoms with Crippen molar-refractivity contribution in [3.63, 3.8) is 0 Å². The van der Waals surface area contributed by atoms with Crippen LogP contribution in [0, 0.1) is 5.92 Å². The smallest absolute Gasteiger partial charge is 0.408 e. The Bertz CT molecular complexity index is 1410. The van der Waals surface area contributed by atoms with E-state index in [1.165, 1.54) is 13.8 Å². The van der Waals surface area contributed by atoms with Crippen molar-refractivity contribution in [3.05, 3.63) is 71.8 Å². The van der Waals surface area contributed by atoms with Gasteiger partial charge < -0.3 is 31.3 Å². The second kappa shape index (κ2) is 17.6. The fourth-order valence-corrected chi connectivity index (χ4v) is 5.79. The molecule has 0 unspecified atom stereocenters. The van der Waals surface area contributed by atoms with Crippen LogP contribution in [0.15, 0.2) is 60.7 Å². The Morgan fingerprint density at radius 1 is 0.957 bits per heavy atom. The molecule has 3 atom stereocenters. The number of hydrogen-bond donors (Lipinski definition) is 6. The molecule has 0 aliphatic heterocycles. The van der Waals surface area contributed by atoms with Crippen LogP contribution in [0.2, 0.25) is 0 Å². The zero-order valence-corrected chi connectivity index (χ0v) is 27.3. The van der Waals surface area contributed by atoms with Gasteiger partial charge >= 0.3 is 12.1 Å². The maximum absolute atomic E-state index is 13.4. The monoisotopic (exact) mass is 663 g/mol. The van der Waals surface area contributed by atoms with E-state index in [0.717, 1.165) is 4.31 Å². The van der Waals surface area contributed by atoms with Crippen LogP contribution in [0.1, 0.15) is 51.7 Å². The van der Waals surface area contributed by atoms with E-state index >= 15 is 0 Å². The molecule has 0 aromatic heterocycles. The van der Waals surface area contributed by atoms with Crippen LogP contribution in [0.4, 0.5) is 4.79 Å². The second-order valence-corrected chi connectivity index (χ2v) is 13.5. The lowest BCUT2D eigenvalue weighted by Crippen LogP contribution is -2.58. The highest BCUT2D eigenvalue weighted by atomic mass is 32.2. The largest absolute Gasteiger partial charge is 0.480 e. The average Bonchev–Trinajstić information content (AvgIpc) is 2.97. The van der Waals surface area contributed by atoms with Gasteiger partial charge in [0.15, 0.2) is 0 Å². The van der Waals surface area contributed by atoms with Crippen molar-refractivity contribution < 1.29 is 42.5 Å². The van der Waals surface area contributed by atoms with Crippen molar-refractivity contribution in [2.45, 2.75) is 77.3 Å². The number of carbonyl (C=O) groups excluding carboxylic acids is 3. The first kappa shape index (κ1) is 38.1. The predicted molar refractivity (Wildman–Crippen MR) is 170 cm³/mol. The summed E-state index contributed by atoms with van der Waals surface area (Å²) in [7, 11) is -4.43. The minimum Gasteiger partial charge on any atom is -0.480 e. The van der Waals surface area contributed by atoms with Gasteiger partial charge in [0.2, 0.25) is 11.8 Å². The van der Waals surface area contributed by atoms with Gasteiger partial charge in [0.25, 0.3) is 10.2 Å². The van der Waals surface area contributed by atoms with Gasteiger partial charge in [0, 0.05) is 13.1 Å². The summed E-state index contributed by atoms with van der Waals surface area (Å²) in [4.78, 5) is 49.4. The molecular formula is C31H45N5O9S. The molecule has 2 rings (SSSR count). The van der Waals surface area contributed by atoms with Gasteiger partial charge in [-0.05, 0) is 43.7 Å². The molecule has 0 radical (unpaired) electrons. The highest BCUT2D eigenvalue weighted by Crippen LogP contribution is 2.15. The first-order chi connectivity index (χ1) is 21.5. The van der Waals surface area contributed by atoms with E-state index in [1.54, 1.807) is 60.7 Å². The Hall–Kier alpha value is -4.05. The number of primary amides is 1. The van der Waals surface area contributed by atoms with Crippen molar-refractivity contribution in [2.75, 3.05) is 13.1 Å². The normalized spacial score (nSPS) is 13.9. The van der Waals surface area contributed by atoms with Crippen LogP contribution >= 0.6 is 0 Å². The number of ether oxygens (including phenoxy) is 1. The lowest BCUT2D eigenvalue weighted by molar-refractivity contribution is -0.142. The summed E-state index contributed by atoms with van der Waals surface area (Å²) in [5.41, 5.74) is 4.88. The molecule has 0 fully saturated rings. The molecule has 2 aromatic rings. The zero-order valence-electron chi connectivity index (χ0n) is 26.5. The maximum atomic E-state index is 13.4. The summed E-state index contributed by atoms with van der Waals surface area (Å²) < 4.78 is 35.0. The van der Waals surface area contributed by atoms with Gasteiger partial charge in [-0.25, -0.2) is 4.79 Å². The zero-order chi connectivity index (χ0) is 34.5. The molecule has 0 saturated heterocycles. The number of carboxylic acids is 1. The molecule has 46 heavy (non-hydrogen) atoms. The summed E-state index contributed by atoms with van der Waals surface area (Å²) in [5.74, 6) is -3.08. The second-order valence-electron chi connectivity index (χ2n) is 11.9. The number of nitrogens with zero attached hydrogens (tertiary/aromatic N) is 1. The van der Waals surface area contributed by atoms with Crippen LogP contribution in [-0.2, 0) is 42.4 Å². The third kappa shape index (κ3) is 13.1. The Balaban J connectivity index is 2.31. The van der Waals surface area contributed by atoms with Crippen LogP contribution < -0.4 is 21.1 Å². The first-order valence-corrected chi connectivity index (χ1v) is 16.2. The van der Waals surface area contributed by atoms with Gasteiger partial charge in [0.05, 0.1) is 18.6 Å². The maximum Gasteiger partial charge on any atom is 0.408 e. The van der Waals surface area contributed by atoms with Gasteiger partial charge in [-0.2, -0.15) is 17.4 Å². The molecular weight excluding hydrogens is 618 g/mol. The molecule has 0 saturated carbocycles. The number of nitrogens with one attached hydrogen (secondary N) is 3. The predicted octanol–water partition coefficient (Wildman–Crippen LogP) is 1.29. The number of hydrogen-bond acceptors (Lipinski definition) is 8. The van der Waals surface area contributed by atoms with E-state index in [-0.39, 0.29) is 25.5 Å². The molecule has 0 bridgehead atoms. The highest BCUT2D eigenvalue weighted by Gasteiger charge is 2.37. The minimum atomic E-state index is -4.43. The first-order valence-electron chi connectivity index (χ1n) is 14.8. The van der Waals surface area contributed by atoms with Gasteiger partial charge in [-0.1, -0.05) is 74.5 Å². The SMILES string of the molecule is CC(C)CCN(C[C@@H](O)[C@H](Cc1ccccc1)NC(=O)[C@H](CC(N)=O)NC(=O)OCc1ccccc1)S(=O)(=O)NC(C)(C)C(=O)O. The van der Waals surface area contributed by atoms with Crippen molar-refractivity contribution >= 4 is 34.1 Å². The van der Waals surface area contributed by atoms with Crippen molar-refractivity contribution in [3.8, 4) is 0 Å². The average molecular weight is 664 g/mol. The van der Waals surface area contributed by atoms with E-state index in [0.29, 0.717) is 17.5 Å². The van der Waals surface area contributed by atoms with Crippen LogP contribution in [0.5, 0.6) is 0 Å². The molecule has 0 aliphatic rings. The van der Waals surface area contributed by atoms with Gasteiger partial charge in [0.1, 0.15) is 18.2 Å². The number of carbonyl (C=O) groups is 4. The number of benzene rings is 2. The summed E-state index contributed by atoms with van der Waals surface area (Å²) >= 11 is 0. The molecule has 15 heteroatoms. The minimum absolute atomic E-state index is 0.0433. The quantitative estimate of drug-likeness (QED) is 0.127. The Labute approximate surface area is 269 Å². The van der Waals surface area contributed by atoms with E-state index in [9.17, 15) is 37.8 Å². The summed E-state index contributed by atoms with van der Waals surface area (Å²) in [6.45, 7) is 5.49. The van der Waals surface area contributed by atoms with Crippen LogP contribution in [-0.4, -0.2) is 83.6 Å². The molecule has 0 aliphatic carbocycles. The Morgan fingerprint density at radius 3 is 2.04 bits per heavy atom. The number of carboxylic acid groups (broad SMARTS) is 1. The third-order valence-corrected chi connectivity index (χ3v) is 8.70. The van der Waals surface area contributed by atoms with Gasteiger partial charge in [-0.15, -0.1) is 0 Å². The van der Waals surface area contributed by atoms with E-state index in [2.05, 4.69) is 15.4 Å². The molecule has 3 amide bonds. The number of nitrogens with two attached hydrogens (primary N) is 1. The van der Waals surface area contributed by atoms with E-state index in [1.807, 2.05) is 13.8 Å². The number of aliphatic carboxylic acids is 1. The molecule has 0 heterocycles. The summed E-state index contributed by atoms with van der Waals surface area (Å²) in [6, 6.07) is 15.0. The number of aliphatic hydroxyl groups is 1. The number of amides is 3. The molecule has 2 aromatic carbocycles. The van der Waals surface area contributed by atoms with Gasteiger partial charge in [-0.3, -0.25) is 14.4 Å². The van der Waals surface area contributed by atoms with Crippen molar-refractivity contribution in [1.29, 1.82) is 0 Å². The van der Waals surface area contributed by atoms with Crippen LogP contribution in [0.3, 0.4) is 0 Å². The molecule has 14 nitrogen and oxygen atoms in total. The summed E-state index contributed by atoms with van der Waals surface area (Å²) in [6.07, 6.45) is -2.64. The number of rotatable bonds is 19. The van der Waals surface area contributed by atoms with Crippen molar-refractivity contribution in [1.82, 2.24) is 19.7 Å². The Morgan fingerprint density at radius 2 is 1.52 bits per heavy atom. The van der Waals surface area contributed by atoms with E-state index < -0.39 is 70.8 Å².